The number of anilines is 1. The van der Waals surface area contributed by atoms with Crippen molar-refractivity contribution >= 4 is 11.7 Å². The topological polar surface area (TPSA) is 83.7 Å². The first-order valence-electron chi connectivity index (χ1n) is 9.68. The molecular weight excluding hydrogens is 358 g/mol. The third kappa shape index (κ3) is 3.96. The summed E-state index contributed by atoms with van der Waals surface area (Å²) >= 11 is 0. The number of aliphatic hydroxyl groups is 1. The number of pyridine rings is 1. The van der Waals surface area contributed by atoms with Crippen LogP contribution in [-0.2, 0) is 20.0 Å². The first-order valence-corrected chi connectivity index (χ1v) is 9.68. The summed E-state index contributed by atoms with van der Waals surface area (Å²) in [6, 6.07) is 2.04. The zero-order valence-corrected chi connectivity index (χ0v) is 17.1. The number of hydrogen-bond acceptors (Lipinski definition) is 6. The summed E-state index contributed by atoms with van der Waals surface area (Å²) in [5, 5.41) is 11.2. The van der Waals surface area contributed by atoms with Crippen LogP contribution in [0.15, 0.2) is 18.5 Å². The molecule has 1 fully saturated rings. The highest BCUT2D eigenvalue weighted by atomic mass is 16.5. The summed E-state index contributed by atoms with van der Waals surface area (Å²) in [4.78, 5) is 21.2. The summed E-state index contributed by atoms with van der Waals surface area (Å²) in [6.07, 6.45) is 6.65. The maximum Gasteiger partial charge on any atom is 0.255 e. The average Bonchev–Trinajstić information content (AvgIpc) is 3.25. The van der Waals surface area contributed by atoms with Gasteiger partial charge in [-0.15, -0.1) is 0 Å². The van der Waals surface area contributed by atoms with Crippen molar-refractivity contribution in [3.05, 3.63) is 35.3 Å². The van der Waals surface area contributed by atoms with Gasteiger partial charge in [-0.1, -0.05) is 6.92 Å². The van der Waals surface area contributed by atoms with Crippen molar-refractivity contribution in [2.45, 2.75) is 38.8 Å². The van der Waals surface area contributed by atoms with Crippen LogP contribution in [0.3, 0.4) is 0 Å². The Labute approximate surface area is 165 Å². The predicted octanol–water partition coefficient (Wildman–Crippen LogP) is 1.62. The number of aromatic nitrogens is 3. The van der Waals surface area contributed by atoms with E-state index >= 15 is 0 Å². The first kappa shape index (κ1) is 20.1. The number of aliphatic hydroxyl groups excluding tert-OH is 1. The molecule has 0 bridgehead atoms. The Balaban J connectivity index is 0.00000109. The average molecular weight is 387 g/mol. The van der Waals surface area contributed by atoms with Crippen LogP contribution in [-0.4, -0.2) is 64.0 Å². The van der Waals surface area contributed by atoms with Gasteiger partial charge < -0.3 is 19.6 Å². The van der Waals surface area contributed by atoms with E-state index in [1.54, 1.807) is 15.8 Å². The molecule has 0 aromatic carbocycles. The van der Waals surface area contributed by atoms with E-state index in [2.05, 4.69) is 16.9 Å². The van der Waals surface area contributed by atoms with Crippen molar-refractivity contribution in [1.82, 2.24) is 19.7 Å². The fourth-order valence-electron chi connectivity index (χ4n) is 3.76. The Morgan fingerprint density at radius 2 is 1.96 bits per heavy atom. The van der Waals surface area contributed by atoms with Crippen molar-refractivity contribution in [3.8, 4) is 5.75 Å². The summed E-state index contributed by atoms with van der Waals surface area (Å²) in [7, 11) is 4.72. The SMILES string of the molecule is CCc1cc2c(nc1N1CCC(Oc3cnn(C)c3)CC1)CN(C)C2=O.CO. The lowest BCUT2D eigenvalue weighted by molar-refractivity contribution is 0.0816. The molecule has 0 aliphatic carbocycles. The number of hydrogen-bond donors (Lipinski definition) is 1. The molecule has 4 rings (SSSR count). The summed E-state index contributed by atoms with van der Waals surface area (Å²) in [5.41, 5.74) is 2.82. The molecule has 1 saturated heterocycles. The smallest absolute Gasteiger partial charge is 0.255 e. The second-order valence-corrected chi connectivity index (χ2v) is 7.13. The number of carbonyl (C=O) groups excluding carboxylic acids is 1. The Bertz CT molecular complexity index is 827. The van der Waals surface area contributed by atoms with Gasteiger partial charge in [-0.05, 0) is 18.1 Å². The number of rotatable bonds is 4. The lowest BCUT2D eigenvalue weighted by Crippen LogP contribution is -2.39. The Kier molecular flexibility index (Phi) is 6.18. The molecule has 8 heteroatoms. The molecule has 2 aliphatic heterocycles. The second kappa shape index (κ2) is 8.60. The van der Waals surface area contributed by atoms with E-state index in [0.29, 0.717) is 6.54 Å². The molecule has 4 heterocycles. The van der Waals surface area contributed by atoms with Crippen LogP contribution >= 0.6 is 0 Å². The van der Waals surface area contributed by atoms with Crippen LogP contribution in [0.4, 0.5) is 5.82 Å². The maximum atomic E-state index is 12.2. The Morgan fingerprint density at radius 1 is 1.25 bits per heavy atom. The van der Waals surface area contributed by atoms with E-state index in [-0.39, 0.29) is 12.0 Å². The number of amides is 1. The van der Waals surface area contributed by atoms with Crippen LogP contribution in [0.5, 0.6) is 5.75 Å². The first-order chi connectivity index (χ1) is 13.5. The number of fused-ring (bicyclic) bond motifs is 1. The Morgan fingerprint density at radius 3 is 2.57 bits per heavy atom. The number of nitrogens with zero attached hydrogens (tertiary/aromatic N) is 5. The zero-order valence-electron chi connectivity index (χ0n) is 17.1. The lowest BCUT2D eigenvalue weighted by atomic mass is 10.0. The standard InChI is InChI=1S/C19H25N5O2.CH4O/c1-4-13-9-16-17(12-22(2)19(16)25)21-18(13)24-7-5-14(6-8-24)26-15-10-20-23(3)11-15;1-2/h9-11,14H,4-8,12H2,1-3H3;2H,1H3. The molecule has 28 heavy (non-hydrogen) atoms. The normalized spacial score (nSPS) is 16.7. The third-order valence-corrected chi connectivity index (χ3v) is 5.23. The highest BCUT2D eigenvalue weighted by Crippen LogP contribution is 2.30. The minimum Gasteiger partial charge on any atom is -0.487 e. The van der Waals surface area contributed by atoms with E-state index in [9.17, 15) is 4.79 Å². The summed E-state index contributed by atoms with van der Waals surface area (Å²) < 4.78 is 7.79. The van der Waals surface area contributed by atoms with Gasteiger partial charge in [-0.2, -0.15) is 5.10 Å². The van der Waals surface area contributed by atoms with E-state index in [1.165, 1.54) is 0 Å². The van der Waals surface area contributed by atoms with Crippen LogP contribution in [0.25, 0.3) is 0 Å². The minimum atomic E-state index is 0.0809. The number of aryl methyl sites for hydroxylation is 2. The molecule has 1 N–H and O–H groups in total. The fourth-order valence-corrected chi connectivity index (χ4v) is 3.76. The largest absolute Gasteiger partial charge is 0.487 e. The van der Waals surface area contributed by atoms with Crippen molar-refractivity contribution in [2.24, 2.45) is 7.05 Å². The van der Waals surface area contributed by atoms with Gasteiger partial charge in [0.15, 0.2) is 5.75 Å². The fraction of sp³-hybridized carbons (Fsp3) is 0.550. The molecule has 8 nitrogen and oxygen atoms in total. The monoisotopic (exact) mass is 387 g/mol. The molecule has 2 aliphatic rings. The quantitative estimate of drug-likeness (QED) is 0.858. The summed E-state index contributed by atoms with van der Waals surface area (Å²) in [6.45, 7) is 4.54. The van der Waals surface area contributed by atoms with Gasteiger partial charge in [0.05, 0.1) is 30.2 Å². The highest BCUT2D eigenvalue weighted by Gasteiger charge is 2.29. The zero-order chi connectivity index (χ0) is 20.3. The molecule has 2 aromatic rings. The van der Waals surface area contributed by atoms with Crippen LogP contribution in [0, 0.1) is 0 Å². The van der Waals surface area contributed by atoms with Gasteiger partial charge in [0.2, 0.25) is 0 Å². The molecular formula is C20H29N5O3. The van der Waals surface area contributed by atoms with Crippen molar-refractivity contribution in [3.63, 3.8) is 0 Å². The molecule has 0 radical (unpaired) electrons. The van der Waals surface area contributed by atoms with E-state index in [1.807, 2.05) is 26.4 Å². The summed E-state index contributed by atoms with van der Waals surface area (Å²) in [5.74, 6) is 1.95. The van der Waals surface area contributed by atoms with Gasteiger partial charge in [0.1, 0.15) is 11.9 Å². The number of piperidine rings is 1. The van der Waals surface area contributed by atoms with Crippen molar-refractivity contribution in [2.75, 3.05) is 32.1 Å². The second-order valence-electron chi connectivity index (χ2n) is 7.13. The molecule has 1 amide bonds. The molecule has 0 spiro atoms. The molecule has 152 valence electrons. The van der Waals surface area contributed by atoms with E-state index < -0.39 is 0 Å². The maximum absolute atomic E-state index is 12.2. The Hall–Kier alpha value is -2.61. The minimum absolute atomic E-state index is 0.0809. The highest BCUT2D eigenvalue weighted by molar-refractivity contribution is 5.98. The van der Waals surface area contributed by atoms with Crippen LogP contribution in [0.1, 0.15) is 41.4 Å². The van der Waals surface area contributed by atoms with Crippen LogP contribution < -0.4 is 9.64 Å². The lowest BCUT2D eigenvalue weighted by Gasteiger charge is -2.34. The van der Waals surface area contributed by atoms with Gasteiger partial charge in [-0.3, -0.25) is 9.48 Å². The molecule has 0 atom stereocenters. The van der Waals surface area contributed by atoms with Gasteiger partial charge in [0, 0.05) is 47.1 Å². The van der Waals surface area contributed by atoms with Crippen molar-refractivity contribution < 1.29 is 14.6 Å². The van der Waals surface area contributed by atoms with Crippen LogP contribution in [0.2, 0.25) is 0 Å². The van der Waals surface area contributed by atoms with Gasteiger partial charge in [-0.25, -0.2) is 4.98 Å². The number of carbonyl (C=O) groups is 1. The van der Waals surface area contributed by atoms with Gasteiger partial charge >= 0.3 is 0 Å². The predicted molar refractivity (Wildman–Crippen MR) is 107 cm³/mol. The molecule has 2 aromatic heterocycles. The van der Waals surface area contributed by atoms with Crippen molar-refractivity contribution in [1.29, 1.82) is 0 Å². The molecule has 0 saturated carbocycles. The van der Waals surface area contributed by atoms with Gasteiger partial charge in [0.25, 0.3) is 5.91 Å². The third-order valence-electron chi connectivity index (χ3n) is 5.23. The van der Waals surface area contributed by atoms with E-state index in [4.69, 9.17) is 14.8 Å². The van der Waals surface area contributed by atoms with E-state index in [0.717, 1.165) is 67.8 Å². The molecule has 0 unspecified atom stereocenters. The number of ether oxygens (including phenoxy) is 1.